The van der Waals surface area contributed by atoms with Crippen molar-refractivity contribution in [2.24, 2.45) is 5.16 Å². The number of oxime groups is 1. The number of aryl methyl sites for hydroxylation is 3. The first kappa shape index (κ1) is 17.8. The van der Waals surface area contributed by atoms with Gasteiger partial charge in [0, 0.05) is 5.56 Å². The van der Waals surface area contributed by atoms with Gasteiger partial charge in [-0.3, -0.25) is 4.28 Å². The van der Waals surface area contributed by atoms with Crippen LogP contribution >= 0.6 is 11.3 Å². The van der Waals surface area contributed by atoms with E-state index >= 15 is 0 Å². The Kier molecular flexibility index (Phi) is 4.79. The lowest BCUT2D eigenvalue weighted by Crippen LogP contribution is -2.23. The summed E-state index contributed by atoms with van der Waals surface area (Å²) < 4.78 is 28.8. The van der Waals surface area contributed by atoms with Crippen LogP contribution in [0.5, 0.6) is 0 Å². The maximum atomic E-state index is 11.5. The minimum absolute atomic E-state index is 0.460. The van der Waals surface area contributed by atoms with Gasteiger partial charge in [-0.25, -0.2) is 4.98 Å². The molecule has 0 saturated heterocycles. The van der Waals surface area contributed by atoms with E-state index in [1.165, 1.54) is 11.3 Å². The van der Waals surface area contributed by atoms with Crippen molar-refractivity contribution in [1.29, 1.82) is 0 Å². The first-order valence-corrected chi connectivity index (χ1v) is 10.6. The molecule has 0 saturated carbocycles. The summed E-state index contributed by atoms with van der Waals surface area (Å²) in [6.07, 6.45) is 7.19. The molecule has 132 valence electrons. The Balaban J connectivity index is 2.23. The molecule has 0 atom stereocenters. The van der Waals surface area contributed by atoms with Crippen LogP contribution in [0.1, 0.15) is 40.1 Å². The number of fused-ring (bicyclic) bond motifs is 1. The molecule has 1 aromatic carbocycles. The van der Waals surface area contributed by atoms with Crippen molar-refractivity contribution in [3.05, 3.63) is 49.3 Å². The molecular weight excluding hydrogens is 356 g/mol. The number of hydrogen-bond acceptors (Lipinski definition) is 6. The van der Waals surface area contributed by atoms with Crippen LogP contribution in [0.4, 0.5) is 0 Å². The molecule has 0 fully saturated rings. The molecule has 0 unspecified atom stereocenters. The van der Waals surface area contributed by atoms with Crippen LogP contribution in [0.15, 0.2) is 17.3 Å². The minimum Gasteiger partial charge on any atom is -0.268 e. The number of hydrogen-bond donors (Lipinski definition) is 0. The van der Waals surface area contributed by atoms with Crippen molar-refractivity contribution < 1.29 is 12.7 Å². The minimum atomic E-state index is -3.70. The van der Waals surface area contributed by atoms with Gasteiger partial charge < -0.3 is 0 Å². The zero-order chi connectivity index (χ0) is 18.2. The topological polar surface area (TPSA) is 68.6 Å². The number of aromatic nitrogens is 1. The van der Waals surface area contributed by atoms with Crippen LogP contribution in [0.25, 0.3) is 12.2 Å². The van der Waals surface area contributed by atoms with Gasteiger partial charge in [-0.2, -0.15) is 8.42 Å². The van der Waals surface area contributed by atoms with Crippen LogP contribution in [-0.4, -0.2) is 25.4 Å². The van der Waals surface area contributed by atoms with Crippen LogP contribution in [0.2, 0.25) is 0 Å². The lowest BCUT2D eigenvalue weighted by molar-refractivity contribution is 0.343. The summed E-state index contributed by atoms with van der Waals surface area (Å²) in [6, 6.07) is 4.09. The molecule has 5 nitrogen and oxygen atoms in total. The lowest BCUT2D eigenvalue weighted by atomic mass is 9.96. The molecule has 1 aliphatic carbocycles. The molecule has 3 rings (SSSR count). The van der Waals surface area contributed by atoms with Crippen LogP contribution in [0, 0.1) is 20.8 Å². The van der Waals surface area contributed by atoms with Gasteiger partial charge in [0.15, 0.2) is 0 Å². The molecule has 1 aliphatic rings. The highest BCUT2D eigenvalue weighted by Gasteiger charge is 2.19. The zero-order valence-corrected chi connectivity index (χ0v) is 16.3. The molecule has 0 bridgehead atoms. The highest BCUT2D eigenvalue weighted by Crippen LogP contribution is 2.21. The molecule has 0 aliphatic heterocycles. The van der Waals surface area contributed by atoms with Crippen molar-refractivity contribution in [3.63, 3.8) is 0 Å². The molecule has 25 heavy (non-hydrogen) atoms. The quantitative estimate of drug-likeness (QED) is 0.606. The van der Waals surface area contributed by atoms with E-state index in [-0.39, 0.29) is 0 Å². The van der Waals surface area contributed by atoms with Crippen LogP contribution in [-0.2, 0) is 14.4 Å². The van der Waals surface area contributed by atoms with Gasteiger partial charge in [-0.1, -0.05) is 35.0 Å². The van der Waals surface area contributed by atoms with E-state index in [2.05, 4.69) is 22.3 Å². The van der Waals surface area contributed by atoms with E-state index in [9.17, 15) is 8.42 Å². The Morgan fingerprint density at radius 2 is 1.80 bits per heavy atom. The average molecular weight is 377 g/mol. The Labute approximate surface area is 151 Å². The third-order valence-electron chi connectivity index (χ3n) is 3.90. The SMILES string of the molecule is Cc1cc(C)c(/C(=N\OS(C)(=O)=O)c2nc3c(s2)=CCCC=3)c(C)c1. The van der Waals surface area contributed by atoms with Crippen molar-refractivity contribution in [1.82, 2.24) is 4.98 Å². The molecule has 7 heteroatoms. The maximum absolute atomic E-state index is 11.5. The van der Waals surface area contributed by atoms with E-state index in [0.29, 0.717) is 10.7 Å². The summed E-state index contributed by atoms with van der Waals surface area (Å²) >= 11 is 1.51. The molecular formula is C18H20N2O3S2. The van der Waals surface area contributed by atoms with Crippen molar-refractivity contribution in [2.75, 3.05) is 6.26 Å². The van der Waals surface area contributed by atoms with Gasteiger partial charge in [0.05, 0.1) is 16.1 Å². The van der Waals surface area contributed by atoms with Crippen LogP contribution in [0.3, 0.4) is 0 Å². The van der Waals surface area contributed by atoms with E-state index in [1.54, 1.807) is 0 Å². The summed E-state index contributed by atoms with van der Waals surface area (Å²) in [6.45, 7) is 5.99. The van der Waals surface area contributed by atoms with Crippen molar-refractivity contribution in [2.45, 2.75) is 33.6 Å². The predicted molar refractivity (Wildman–Crippen MR) is 102 cm³/mol. The van der Waals surface area contributed by atoms with E-state index in [0.717, 1.165) is 51.2 Å². The molecule has 1 heterocycles. The third-order valence-corrected chi connectivity index (χ3v) is 5.31. The van der Waals surface area contributed by atoms with Crippen molar-refractivity contribution in [3.8, 4) is 0 Å². The fourth-order valence-electron chi connectivity index (χ4n) is 3.02. The van der Waals surface area contributed by atoms with Gasteiger partial charge in [0.2, 0.25) is 0 Å². The largest absolute Gasteiger partial charge is 0.325 e. The molecule has 0 N–H and O–H groups in total. The molecule has 0 spiro atoms. The summed E-state index contributed by atoms with van der Waals surface area (Å²) in [5, 5.41) is 5.58. The normalized spacial score (nSPS) is 14.5. The van der Waals surface area contributed by atoms with Gasteiger partial charge in [0.25, 0.3) is 0 Å². The lowest BCUT2D eigenvalue weighted by Gasteiger charge is -2.11. The van der Waals surface area contributed by atoms with Gasteiger partial charge in [-0.15, -0.1) is 11.3 Å². The molecule has 2 aromatic rings. The number of rotatable bonds is 4. The predicted octanol–water partition coefficient (Wildman–Crippen LogP) is 2.15. The fourth-order valence-corrected chi connectivity index (χ4v) is 4.26. The monoisotopic (exact) mass is 376 g/mol. The molecule has 0 radical (unpaired) electrons. The standard InChI is InChI=1S/C18H20N2O3S2/c1-11-9-12(2)16(13(3)10-11)17(20-23-25(4,21)22)18-19-14-7-5-6-8-15(14)24-18/h7-10H,5-6H2,1-4H3/b20-17+. The Morgan fingerprint density at radius 3 is 2.40 bits per heavy atom. The second-order valence-corrected chi connectivity index (χ2v) is 8.83. The second kappa shape index (κ2) is 6.72. The first-order chi connectivity index (χ1) is 11.7. The summed E-state index contributed by atoms with van der Waals surface area (Å²) in [7, 11) is -3.70. The maximum Gasteiger partial charge on any atom is 0.325 e. The zero-order valence-electron chi connectivity index (χ0n) is 14.7. The van der Waals surface area contributed by atoms with Gasteiger partial charge >= 0.3 is 10.1 Å². The number of benzene rings is 1. The highest BCUT2D eigenvalue weighted by atomic mass is 32.2. The first-order valence-electron chi connectivity index (χ1n) is 7.97. The van der Waals surface area contributed by atoms with E-state index < -0.39 is 10.1 Å². The summed E-state index contributed by atoms with van der Waals surface area (Å²) in [5.74, 6) is 0. The van der Waals surface area contributed by atoms with Gasteiger partial charge in [0.1, 0.15) is 10.7 Å². The average Bonchev–Trinajstić information content (AvgIpc) is 2.92. The van der Waals surface area contributed by atoms with E-state index in [1.807, 2.05) is 32.9 Å². The second-order valence-electron chi connectivity index (χ2n) is 6.25. The summed E-state index contributed by atoms with van der Waals surface area (Å²) in [5.41, 5.74) is 4.48. The number of nitrogens with zero attached hydrogens (tertiary/aromatic N) is 2. The molecule has 0 amide bonds. The fraction of sp³-hybridized carbons (Fsp3) is 0.333. The van der Waals surface area contributed by atoms with Crippen molar-refractivity contribution >= 4 is 39.3 Å². The summed E-state index contributed by atoms with van der Waals surface area (Å²) in [4.78, 5) is 4.66. The third kappa shape index (κ3) is 3.99. The van der Waals surface area contributed by atoms with E-state index in [4.69, 9.17) is 4.28 Å². The Hall–Kier alpha value is -1.99. The smallest absolute Gasteiger partial charge is 0.268 e. The number of thiazole rings is 1. The molecule has 1 aromatic heterocycles. The van der Waals surface area contributed by atoms with Crippen LogP contribution < -0.4 is 9.88 Å². The Bertz CT molecular complexity index is 1020. The van der Waals surface area contributed by atoms with Gasteiger partial charge in [-0.05, 0) is 44.7 Å². The highest BCUT2D eigenvalue weighted by molar-refractivity contribution is 7.85. The Morgan fingerprint density at radius 1 is 1.16 bits per heavy atom.